The molecule has 20 heavy (non-hydrogen) atoms. The number of carboxylic acids is 1. The maximum atomic E-state index is 12.0. The summed E-state index contributed by atoms with van der Waals surface area (Å²) in [6.07, 6.45) is 1.47. The minimum atomic E-state index is -1.24. The number of benzene rings is 1. The molecule has 1 aromatic carbocycles. The Morgan fingerprint density at radius 2 is 2.20 bits per heavy atom. The summed E-state index contributed by atoms with van der Waals surface area (Å²) in [4.78, 5) is 27.4. The van der Waals surface area contributed by atoms with E-state index < -0.39 is 17.3 Å². The molecule has 3 rings (SSSR count). The Labute approximate surface area is 114 Å². The van der Waals surface area contributed by atoms with Crippen LogP contribution in [0, 0.1) is 5.41 Å². The summed E-state index contributed by atoms with van der Waals surface area (Å²) in [5.41, 5.74) is 0.595. The molecule has 1 aromatic heterocycles. The molecule has 0 atom stereocenters. The van der Waals surface area contributed by atoms with Crippen LogP contribution in [0.2, 0.25) is 0 Å². The second-order valence-electron chi connectivity index (χ2n) is 4.99. The number of carbonyl (C=O) groups is 2. The van der Waals surface area contributed by atoms with Crippen molar-refractivity contribution in [1.82, 2.24) is 4.98 Å². The fourth-order valence-corrected chi connectivity index (χ4v) is 2.12. The van der Waals surface area contributed by atoms with Gasteiger partial charge >= 0.3 is 5.97 Å². The number of amides is 1. The third-order valence-electron chi connectivity index (χ3n) is 3.59. The van der Waals surface area contributed by atoms with Crippen LogP contribution in [0.3, 0.4) is 0 Å². The number of aromatic nitrogens is 1. The minimum absolute atomic E-state index is 0.389. The van der Waals surface area contributed by atoms with Crippen LogP contribution < -0.4 is 5.32 Å². The Morgan fingerprint density at radius 3 is 2.80 bits per heavy atom. The Bertz CT molecular complexity index is 700. The number of fused-ring (bicyclic) bond motifs is 1. The first kappa shape index (κ1) is 12.7. The number of carbonyl (C=O) groups excluding carboxylic acids is 1. The van der Waals surface area contributed by atoms with Gasteiger partial charge in [0.1, 0.15) is 10.9 Å². The smallest absolute Gasteiger partial charge is 0.319 e. The zero-order chi connectivity index (χ0) is 14.3. The van der Waals surface area contributed by atoms with E-state index in [-0.39, 0.29) is 0 Å². The number of aryl methyl sites for hydroxylation is 1. The fraction of sp³-hybridized carbons (Fsp3) is 0.357. The summed E-state index contributed by atoms with van der Waals surface area (Å²) in [6.45, 7) is 1.94. The first-order valence-corrected chi connectivity index (χ1v) is 6.49. The molecule has 6 nitrogen and oxygen atoms in total. The van der Waals surface area contributed by atoms with Gasteiger partial charge in [-0.25, -0.2) is 4.98 Å². The molecule has 0 aliphatic heterocycles. The Morgan fingerprint density at radius 1 is 1.45 bits per heavy atom. The van der Waals surface area contributed by atoms with E-state index >= 15 is 0 Å². The van der Waals surface area contributed by atoms with Gasteiger partial charge in [0.2, 0.25) is 5.91 Å². The predicted octanol–water partition coefficient (Wildman–Crippen LogP) is 2.19. The molecule has 0 saturated heterocycles. The lowest BCUT2D eigenvalue weighted by molar-refractivity contribution is -0.147. The number of oxazole rings is 1. The van der Waals surface area contributed by atoms with Crippen molar-refractivity contribution in [3.05, 3.63) is 24.1 Å². The van der Waals surface area contributed by atoms with Crippen LogP contribution in [0.4, 0.5) is 5.69 Å². The van der Waals surface area contributed by atoms with Crippen molar-refractivity contribution in [2.75, 3.05) is 5.32 Å². The van der Waals surface area contributed by atoms with Crippen molar-refractivity contribution < 1.29 is 19.1 Å². The molecule has 1 amide bonds. The van der Waals surface area contributed by atoms with Crippen LogP contribution in [0.25, 0.3) is 11.1 Å². The van der Waals surface area contributed by atoms with Crippen molar-refractivity contribution in [2.45, 2.75) is 26.2 Å². The van der Waals surface area contributed by atoms with Gasteiger partial charge in [0.25, 0.3) is 0 Å². The molecule has 1 saturated carbocycles. The van der Waals surface area contributed by atoms with Gasteiger partial charge < -0.3 is 14.8 Å². The number of rotatable bonds is 4. The fourth-order valence-electron chi connectivity index (χ4n) is 2.12. The minimum Gasteiger partial charge on any atom is -0.480 e. The van der Waals surface area contributed by atoms with Crippen molar-refractivity contribution >= 4 is 28.7 Å². The predicted molar refractivity (Wildman–Crippen MR) is 71.3 cm³/mol. The molecule has 1 aliphatic rings. The topological polar surface area (TPSA) is 92.4 Å². The van der Waals surface area contributed by atoms with Crippen molar-refractivity contribution in [2.24, 2.45) is 5.41 Å². The molecule has 104 valence electrons. The van der Waals surface area contributed by atoms with Crippen LogP contribution in [0.15, 0.2) is 22.6 Å². The Hall–Kier alpha value is -2.37. The lowest BCUT2D eigenvalue weighted by Gasteiger charge is -2.10. The normalized spacial score (nSPS) is 16.1. The maximum Gasteiger partial charge on any atom is 0.319 e. The van der Waals surface area contributed by atoms with E-state index in [9.17, 15) is 9.59 Å². The molecule has 0 radical (unpaired) electrons. The molecule has 0 unspecified atom stereocenters. The quantitative estimate of drug-likeness (QED) is 0.834. The monoisotopic (exact) mass is 274 g/mol. The molecule has 2 aromatic rings. The lowest BCUT2D eigenvalue weighted by atomic mass is 10.1. The molecule has 1 fully saturated rings. The second kappa shape index (κ2) is 4.33. The highest BCUT2D eigenvalue weighted by Crippen LogP contribution is 2.46. The van der Waals surface area contributed by atoms with Gasteiger partial charge in [0.15, 0.2) is 11.5 Å². The molecule has 1 heterocycles. The zero-order valence-electron chi connectivity index (χ0n) is 11.0. The first-order chi connectivity index (χ1) is 9.55. The number of nitrogens with zero attached hydrogens (tertiary/aromatic N) is 1. The highest BCUT2D eigenvalue weighted by atomic mass is 16.4. The second-order valence-corrected chi connectivity index (χ2v) is 4.99. The maximum absolute atomic E-state index is 12.0. The van der Waals surface area contributed by atoms with E-state index in [0.29, 0.717) is 41.9 Å². The Balaban J connectivity index is 1.84. The van der Waals surface area contributed by atoms with Crippen LogP contribution in [0.1, 0.15) is 25.7 Å². The molecule has 6 heteroatoms. The zero-order valence-corrected chi connectivity index (χ0v) is 11.0. The van der Waals surface area contributed by atoms with Crippen LogP contribution >= 0.6 is 0 Å². The Kier molecular flexibility index (Phi) is 2.74. The summed E-state index contributed by atoms with van der Waals surface area (Å²) in [7, 11) is 0. The number of hydrogen-bond donors (Lipinski definition) is 2. The van der Waals surface area contributed by atoms with Crippen molar-refractivity contribution in [3.63, 3.8) is 0 Å². The third kappa shape index (κ3) is 1.93. The van der Waals surface area contributed by atoms with E-state index in [1.54, 1.807) is 18.2 Å². The molecule has 2 N–H and O–H groups in total. The number of nitrogens with one attached hydrogen (secondary N) is 1. The van der Waals surface area contributed by atoms with E-state index in [0.717, 1.165) is 0 Å². The third-order valence-corrected chi connectivity index (χ3v) is 3.59. The first-order valence-electron chi connectivity index (χ1n) is 6.49. The highest BCUT2D eigenvalue weighted by molar-refractivity contribution is 6.11. The number of aliphatic carboxylic acids is 1. The number of carboxylic acid groups (broad SMARTS) is 1. The van der Waals surface area contributed by atoms with Gasteiger partial charge in [-0.3, -0.25) is 9.59 Å². The molecule has 0 spiro atoms. The average molecular weight is 274 g/mol. The molecular weight excluding hydrogens is 260 g/mol. The number of hydrogen-bond acceptors (Lipinski definition) is 4. The van der Waals surface area contributed by atoms with E-state index in [2.05, 4.69) is 10.3 Å². The van der Waals surface area contributed by atoms with E-state index in [1.807, 2.05) is 6.92 Å². The molecule has 0 bridgehead atoms. The summed E-state index contributed by atoms with van der Waals surface area (Å²) in [6, 6.07) is 5.09. The van der Waals surface area contributed by atoms with E-state index in [1.165, 1.54) is 0 Å². The summed E-state index contributed by atoms with van der Waals surface area (Å²) in [5.74, 6) is -0.901. The van der Waals surface area contributed by atoms with Gasteiger partial charge in [0.05, 0.1) is 0 Å². The van der Waals surface area contributed by atoms with Crippen molar-refractivity contribution in [1.29, 1.82) is 0 Å². The summed E-state index contributed by atoms with van der Waals surface area (Å²) < 4.78 is 5.48. The van der Waals surface area contributed by atoms with Gasteiger partial charge in [-0.2, -0.15) is 0 Å². The average Bonchev–Trinajstić information content (AvgIpc) is 3.14. The van der Waals surface area contributed by atoms with Crippen LogP contribution in [-0.4, -0.2) is 22.0 Å². The standard InChI is InChI=1S/C14H14N2O4/c1-2-11-16-9-7-8(3-4-10(9)20-11)15-12(17)14(5-6-14)13(18)19/h3-4,7H,2,5-6H2,1H3,(H,15,17)(H,18,19). The van der Waals surface area contributed by atoms with Gasteiger partial charge in [-0.05, 0) is 31.0 Å². The highest BCUT2D eigenvalue weighted by Gasteiger charge is 2.57. The van der Waals surface area contributed by atoms with Crippen LogP contribution in [-0.2, 0) is 16.0 Å². The largest absolute Gasteiger partial charge is 0.480 e. The van der Waals surface area contributed by atoms with Crippen molar-refractivity contribution in [3.8, 4) is 0 Å². The van der Waals surface area contributed by atoms with Gasteiger partial charge in [-0.1, -0.05) is 6.92 Å². The van der Waals surface area contributed by atoms with E-state index in [4.69, 9.17) is 9.52 Å². The molecule has 1 aliphatic carbocycles. The SMILES string of the molecule is CCc1nc2cc(NC(=O)C3(C(=O)O)CC3)ccc2o1. The van der Waals surface area contributed by atoms with Crippen LogP contribution in [0.5, 0.6) is 0 Å². The number of anilines is 1. The lowest BCUT2D eigenvalue weighted by Crippen LogP contribution is -2.31. The molecular formula is C14H14N2O4. The van der Waals surface area contributed by atoms with Gasteiger partial charge in [0, 0.05) is 12.1 Å². The summed E-state index contributed by atoms with van der Waals surface area (Å²) >= 11 is 0. The van der Waals surface area contributed by atoms with Gasteiger partial charge in [-0.15, -0.1) is 0 Å². The summed E-state index contributed by atoms with van der Waals surface area (Å²) in [5, 5.41) is 11.7.